The molecule has 0 saturated carbocycles. The van der Waals surface area contributed by atoms with Crippen molar-refractivity contribution in [3.8, 4) is 0 Å². The van der Waals surface area contributed by atoms with E-state index in [0.29, 0.717) is 11.5 Å². The SMILES string of the molecule is C[C@H](/C=C\c1ncc(Cc2ccc(F)cc2)s1)N(O)C(N)=O. The highest BCUT2D eigenvalue weighted by molar-refractivity contribution is 7.12. The first-order valence-corrected chi connectivity index (χ1v) is 7.42. The maximum absolute atomic E-state index is 12.9. The van der Waals surface area contributed by atoms with E-state index in [9.17, 15) is 14.4 Å². The Morgan fingerprint density at radius 1 is 1.50 bits per heavy atom. The lowest BCUT2D eigenvalue weighted by molar-refractivity contribution is -0.0560. The van der Waals surface area contributed by atoms with Crippen LogP contribution in [0.15, 0.2) is 36.5 Å². The van der Waals surface area contributed by atoms with Crippen molar-refractivity contribution in [2.24, 2.45) is 5.73 Å². The molecule has 0 aliphatic carbocycles. The average molecular weight is 321 g/mol. The molecule has 2 aromatic rings. The molecule has 0 radical (unpaired) electrons. The molecule has 1 atom stereocenters. The third-order valence-electron chi connectivity index (χ3n) is 2.99. The molecule has 2 rings (SSSR count). The number of halogens is 1. The Morgan fingerprint density at radius 2 is 2.18 bits per heavy atom. The van der Waals surface area contributed by atoms with Gasteiger partial charge in [-0.2, -0.15) is 5.06 Å². The number of carbonyl (C=O) groups excluding carboxylic acids is 1. The van der Waals surface area contributed by atoms with E-state index < -0.39 is 12.1 Å². The Kier molecular flexibility index (Phi) is 5.24. The van der Waals surface area contributed by atoms with Crippen LogP contribution in [0.2, 0.25) is 0 Å². The minimum absolute atomic E-state index is 0.256. The fourth-order valence-electron chi connectivity index (χ4n) is 1.79. The van der Waals surface area contributed by atoms with Crippen LogP contribution < -0.4 is 5.73 Å². The number of primary amides is 1. The number of nitrogens with two attached hydrogens (primary N) is 1. The topological polar surface area (TPSA) is 79.4 Å². The predicted octanol–water partition coefficient (Wildman–Crippen LogP) is 3.04. The molecule has 7 heteroatoms. The van der Waals surface area contributed by atoms with Crippen LogP contribution in [0.1, 0.15) is 22.4 Å². The molecule has 2 amide bonds. The highest BCUT2D eigenvalue weighted by Gasteiger charge is 2.11. The van der Waals surface area contributed by atoms with Gasteiger partial charge in [0.05, 0.1) is 6.04 Å². The quantitative estimate of drug-likeness (QED) is 0.656. The Hall–Kier alpha value is -2.25. The van der Waals surface area contributed by atoms with Gasteiger partial charge in [0, 0.05) is 17.5 Å². The first kappa shape index (κ1) is 16.1. The first-order valence-electron chi connectivity index (χ1n) is 6.60. The number of amides is 2. The van der Waals surface area contributed by atoms with Crippen LogP contribution in [-0.2, 0) is 6.42 Å². The zero-order valence-corrected chi connectivity index (χ0v) is 12.8. The second-order valence-corrected chi connectivity index (χ2v) is 5.90. The molecule has 1 aromatic heterocycles. The van der Waals surface area contributed by atoms with Gasteiger partial charge in [0.2, 0.25) is 0 Å². The number of hydrogen-bond donors (Lipinski definition) is 2. The fourth-order valence-corrected chi connectivity index (χ4v) is 2.65. The van der Waals surface area contributed by atoms with Crippen molar-refractivity contribution >= 4 is 23.4 Å². The van der Waals surface area contributed by atoms with Gasteiger partial charge in [-0.15, -0.1) is 11.3 Å². The standard InChI is InChI=1S/C15H16FN3O2S/c1-10(19(21)15(17)20)2-7-14-18-9-13(22-14)8-11-3-5-12(16)6-4-11/h2-7,9-10,21H,8H2,1H3,(H2,17,20)/b7-2-/t10-/m1/s1. The Labute approximate surface area is 131 Å². The Morgan fingerprint density at radius 3 is 2.82 bits per heavy atom. The van der Waals surface area contributed by atoms with Crippen LogP contribution in [0.3, 0.4) is 0 Å². The molecule has 3 N–H and O–H groups in total. The van der Waals surface area contributed by atoms with Crippen molar-refractivity contribution in [1.82, 2.24) is 10.0 Å². The molecule has 5 nitrogen and oxygen atoms in total. The molecule has 22 heavy (non-hydrogen) atoms. The fraction of sp³-hybridized carbons (Fsp3) is 0.200. The van der Waals surface area contributed by atoms with E-state index in [4.69, 9.17) is 5.73 Å². The number of rotatable bonds is 5. The summed E-state index contributed by atoms with van der Waals surface area (Å²) in [6.45, 7) is 1.63. The number of carbonyl (C=O) groups is 1. The van der Waals surface area contributed by atoms with E-state index in [1.165, 1.54) is 23.5 Å². The van der Waals surface area contributed by atoms with Crippen molar-refractivity contribution in [2.45, 2.75) is 19.4 Å². The number of benzene rings is 1. The second-order valence-electron chi connectivity index (χ2n) is 4.75. The minimum Gasteiger partial charge on any atom is -0.350 e. The number of hydroxylamine groups is 2. The van der Waals surface area contributed by atoms with Crippen LogP contribution in [0.25, 0.3) is 6.08 Å². The maximum atomic E-state index is 12.9. The molecular weight excluding hydrogens is 305 g/mol. The Bertz CT molecular complexity index is 670. The van der Waals surface area contributed by atoms with E-state index in [-0.39, 0.29) is 5.82 Å². The molecule has 0 saturated heterocycles. The lowest BCUT2D eigenvalue weighted by atomic mass is 10.1. The highest BCUT2D eigenvalue weighted by atomic mass is 32.1. The van der Waals surface area contributed by atoms with E-state index >= 15 is 0 Å². The average Bonchev–Trinajstić information content (AvgIpc) is 2.94. The summed E-state index contributed by atoms with van der Waals surface area (Å²) in [6.07, 6.45) is 5.78. The lowest BCUT2D eigenvalue weighted by Gasteiger charge is -2.16. The van der Waals surface area contributed by atoms with Gasteiger partial charge in [0.1, 0.15) is 10.8 Å². The van der Waals surface area contributed by atoms with Gasteiger partial charge in [-0.1, -0.05) is 18.2 Å². The minimum atomic E-state index is -0.909. The van der Waals surface area contributed by atoms with Gasteiger partial charge in [0.25, 0.3) is 0 Å². The third kappa shape index (κ3) is 4.37. The van der Waals surface area contributed by atoms with Crippen molar-refractivity contribution in [1.29, 1.82) is 0 Å². The third-order valence-corrected chi connectivity index (χ3v) is 3.95. The number of hydrogen-bond acceptors (Lipinski definition) is 4. The maximum Gasteiger partial charge on any atom is 0.339 e. The summed E-state index contributed by atoms with van der Waals surface area (Å²) in [4.78, 5) is 16.1. The molecule has 0 aliphatic heterocycles. The molecule has 0 fully saturated rings. The lowest BCUT2D eigenvalue weighted by Crippen LogP contribution is -2.38. The molecule has 1 aromatic carbocycles. The zero-order chi connectivity index (χ0) is 16.1. The Balaban J connectivity index is 1.99. The number of thiazole rings is 1. The van der Waals surface area contributed by atoms with E-state index in [1.54, 1.807) is 37.4 Å². The van der Waals surface area contributed by atoms with Crippen LogP contribution in [0, 0.1) is 5.82 Å². The van der Waals surface area contributed by atoms with Crippen LogP contribution in [0.5, 0.6) is 0 Å². The summed E-state index contributed by atoms with van der Waals surface area (Å²) in [5.41, 5.74) is 5.97. The molecule has 0 aliphatic rings. The van der Waals surface area contributed by atoms with Crippen molar-refractivity contribution < 1.29 is 14.4 Å². The van der Waals surface area contributed by atoms with Crippen LogP contribution >= 0.6 is 11.3 Å². The molecule has 116 valence electrons. The number of nitrogens with zero attached hydrogens (tertiary/aromatic N) is 2. The molecular formula is C15H16FN3O2S. The molecule has 0 bridgehead atoms. The first-order chi connectivity index (χ1) is 10.5. The van der Waals surface area contributed by atoms with E-state index in [0.717, 1.165) is 15.4 Å². The van der Waals surface area contributed by atoms with Gasteiger partial charge in [-0.05, 0) is 30.7 Å². The van der Waals surface area contributed by atoms with Crippen molar-refractivity contribution in [3.63, 3.8) is 0 Å². The summed E-state index contributed by atoms with van der Waals surface area (Å²) < 4.78 is 12.9. The van der Waals surface area contributed by atoms with Gasteiger partial charge in [0.15, 0.2) is 0 Å². The predicted molar refractivity (Wildman–Crippen MR) is 83.0 cm³/mol. The monoisotopic (exact) mass is 321 g/mol. The van der Waals surface area contributed by atoms with Gasteiger partial charge < -0.3 is 5.73 Å². The number of aromatic nitrogens is 1. The van der Waals surface area contributed by atoms with Crippen molar-refractivity contribution in [3.05, 3.63) is 57.8 Å². The summed E-state index contributed by atoms with van der Waals surface area (Å²) in [5.74, 6) is -0.256. The summed E-state index contributed by atoms with van der Waals surface area (Å²) in [7, 11) is 0. The van der Waals surface area contributed by atoms with Gasteiger partial charge in [-0.3, -0.25) is 5.21 Å². The summed E-state index contributed by atoms with van der Waals surface area (Å²) >= 11 is 1.49. The number of urea groups is 1. The van der Waals surface area contributed by atoms with Crippen LogP contribution in [0.4, 0.5) is 9.18 Å². The zero-order valence-electron chi connectivity index (χ0n) is 11.9. The second kappa shape index (κ2) is 7.15. The highest BCUT2D eigenvalue weighted by Crippen LogP contribution is 2.19. The summed E-state index contributed by atoms with van der Waals surface area (Å²) in [6, 6.07) is 4.89. The van der Waals surface area contributed by atoms with Crippen LogP contribution in [-0.4, -0.2) is 27.3 Å². The van der Waals surface area contributed by atoms with Crippen molar-refractivity contribution in [2.75, 3.05) is 0 Å². The summed E-state index contributed by atoms with van der Waals surface area (Å²) in [5, 5.41) is 10.6. The van der Waals surface area contributed by atoms with Gasteiger partial charge >= 0.3 is 6.03 Å². The normalized spacial score (nSPS) is 12.5. The smallest absolute Gasteiger partial charge is 0.339 e. The molecule has 1 heterocycles. The molecule has 0 spiro atoms. The van der Waals surface area contributed by atoms with Gasteiger partial charge in [-0.25, -0.2) is 14.2 Å². The molecule has 0 unspecified atom stereocenters. The van der Waals surface area contributed by atoms with E-state index in [2.05, 4.69) is 4.98 Å². The largest absolute Gasteiger partial charge is 0.350 e. The van der Waals surface area contributed by atoms with E-state index in [1.807, 2.05) is 0 Å².